The molecule has 0 amide bonds. The quantitative estimate of drug-likeness (QED) is 0.0441. The molecule has 9 rings (SSSR count). The van der Waals surface area contributed by atoms with E-state index in [2.05, 4.69) is 0 Å². The van der Waals surface area contributed by atoms with Crippen molar-refractivity contribution in [2.75, 3.05) is 20.3 Å². The van der Waals surface area contributed by atoms with Crippen molar-refractivity contribution in [3.63, 3.8) is 0 Å². The Labute approximate surface area is 442 Å². The van der Waals surface area contributed by atoms with Crippen molar-refractivity contribution in [1.29, 1.82) is 0 Å². The second-order valence-corrected chi connectivity index (χ2v) is 18.1. The molecule has 0 aromatic heterocycles. The van der Waals surface area contributed by atoms with Gasteiger partial charge in [0, 0.05) is 7.11 Å². The number of benzene rings is 7. The fourth-order valence-electron chi connectivity index (χ4n) is 8.97. The lowest BCUT2D eigenvalue weighted by molar-refractivity contribution is -0.343. The first-order valence-electron chi connectivity index (χ1n) is 25.2. The van der Waals surface area contributed by atoms with Gasteiger partial charge in [-0.15, -0.1) is 0 Å². The Bertz CT molecular complexity index is 2830. The van der Waals surface area contributed by atoms with Crippen LogP contribution in [0.5, 0.6) is 0 Å². The molecule has 76 heavy (non-hydrogen) atoms. The van der Waals surface area contributed by atoms with Gasteiger partial charge in [0.25, 0.3) is 0 Å². The highest BCUT2D eigenvalue weighted by molar-refractivity contribution is 5.91. The molecule has 0 saturated carbocycles. The maximum absolute atomic E-state index is 14.2. The van der Waals surface area contributed by atoms with Crippen molar-refractivity contribution in [2.45, 2.75) is 87.8 Å². The SMILES string of the molecule is CO[C@H]1O[C@H](CO[C@H]2O[C@H](COCc3ccccc3)[C@H](OCc3ccccc3)[C@H](OCc3ccccc3)[C@H]2OCc2ccccc2)[C@@H](OC(=O)c2ccccc2)[C@H](OC(=O)c2ccccc2)[C@H]1OC(=O)c1ccccc1. The van der Waals surface area contributed by atoms with E-state index in [1.165, 1.54) is 7.11 Å². The van der Waals surface area contributed by atoms with Crippen molar-refractivity contribution < 1.29 is 66.5 Å². The van der Waals surface area contributed by atoms with Crippen LogP contribution in [0.4, 0.5) is 0 Å². The number of carbonyl (C=O) groups excluding carboxylic acids is 3. The van der Waals surface area contributed by atoms with Gasteiger partial charge in [0.05, 0.1) is 56.3 Å². The molecular weight excluding hydrogens is 969 g/mol. The zero-order valence-electron chi connectivity index (χ0n) is 41.9. The summed E-state index contributed by atoms with van der Waals surface area (Å²) < 4.78 is 72.2. The normalized spacial score (nSPS) is 23.2. The molecule has 14 heteroatoms. The van der Waals surface area contributed by atoms with E-state index in [0.29, 0.717) is 0 Å². The molecule has 0 bridgehead atoms. The monoisotopic (exact) mass is 1030 g/mol. The molecule has 7 aromatic rings. The van der Waals surface area contributed by atoms with Crippen molar-refractivity contribution in [2.24, 2.45) is 0 Å². The molecule has 10 atom stereocenters. The van der Waals surface area contributed by atoms with Gasteiger partial charge in [-0.25, -0.2) is 14.4 Å². The maximum atomic E-state index is 14.2. The van der Waals surface area contributed by atoms with Crippen LogP contribution in [0.3, 0.4) is 0 Å². The Morgan fingerprint density at radius 2 is 0.684 bits per heavy atom. The van der Waals surface area contributed by atoms with Crippen LogP contribution in [-0.2, 0) is 78.5 Å². The molecular formula is C62H60O14. The summed E-state index contributed by atoms with van der Waals surface area (Å²) in [6.07, 6.45) is -11.7. The lowest BCUT2D eigenvalue weighted by Crippen LogP contribution is -2.64. The molecule has 0 aliphatic carbocycles. The smallest absolute Gasteiger partial charge is 0.338 e. The Kier molecular flexibility index (Phi) is 19.3. The number of ether oxygens (including phenoxy) is 11. The summed E-state index contributed by atoms with van der Waals surface area (Å²) in [7, 11) is 1.36. The van der Waals surface area contributed by atoms with Gasteiger partial charge in [0.15, 0.2) is 30.9 Å². The van der Waals surface area contributed by atoms with Crippen molar-refractivity contribution in [3.8, 4) is 0 Å². The van der Waals surface area contributed by atoms with E-state index < -0.39 is 79.3 Å². The van der Waals surface area contributed by atoms with Gasteiger partial charge in [-0.1, -0.05) is 176 Å². The van der Waals surface area contributed by atoms with Gasteiger partial charge in [-0.05, 0) is 58.7 Å². The molecule has 2 fully saturated rings. The van der Waals surface area contributed by atoms with Crippen molar-refractivity contribution in [1.82, 2.24) is 0 Å². The summed E-state index contributed by atoms with van der Waals surface area (Å²) in [4.78, 5) is 42.3. The van der Waals surface area contributed by atoms with E-state index in [4.69, 9.17) is 52.1 Å². The summed E-state index contributed by atoms with van der Waals surface area (Å²) in [5, 5.41) is 0. The standard InChI is InChI=1S/C62H60O14/c1-66-61-57(76-60(65)49-35-21-8-22-36-49)55(75-59(64)48-33-19-7-20-34-48)53(74-58(63)47-31-17-6-18-32-47)51(72-61)42-71-62-56(70-40-46-29-15-5-16-30-46)54(69-39-45-27-13-4-14-28-45)52(68-38-44-25-11-3-12-26-44)50(73-62)41-67-37-43-23-9-2-10-24-43/h2-36,50-57,61-62H,37-42H2,1H3/t50-,51-,52+,53-,54+,55+,56-,57-,61+,62+/m1/s1. The molecule has 2 heterocycles. The first kappa shape index (κ1) is 53.5. The molecule has 0 N–H and O–H groups in total. The number of hydrogen-bond donors (Lipinski definition) is 0. The zero-order valence-corrected chi connectivity index (χ0v) is 41.9. The topological polar surface area (TPSA) is 153 Å². The third-order valence-electron chi connectivity index (χ3n) is 12.8. The van der Waals surface area contributed by atoms with Crippen LogP contribution in [0.25, 0.3) is 0 Å². The Balaban J connectivity index is 1.08. The maximum Gasteiger partial charge on any atom is 0.338 e. The number of carbonyl (C=O) groups is 3. The predicted octanol–water partition coefficient (Wildman–Crippen LogP) is 9.75. The lowest BCUT2D eigenvalue weighted by Gasteiger charge is -2.47. The van der Waals surface area contributed by atoms with E-state index in [1.54, 1.807) is 91.0 Å². The van der Waals surface area contributed by atoms with Gasteiger partial charge in [-0.3, -0.25) is 0 Å². The molecule has 2 aliphatic heterocycles. The summed E-state index contributed by atoms with van der Waals surface area (Å²) in [5.41, 5.74) is 4.28. The summed E-state index contributed by atoms with van der Waals surface area (Å²) >= 11 is 0. The van der Waals surface area contributed by atoms with Crippen LogP contribution in [-0.4, -0.2) is 99.6 Å². The molecule has 0 unspecified atom stereocenters. The van der Waals surface area contributed by atoms with Gasteiger partial charge in [0.1, 0.15) is 30.5 Å². The fraction of sp³-hybridized carbons (Fsp3) is 0.274. The molecule has 0 spiro atoms. The van der Waals surface area contributed by atoms with Gasteiger partial charge >= 0.3 is 17.9 Å². The van der Waals surface area contributed by atoms with Crippen molar-refractivity contribution >= 4 is 17.9 Å². The van der Waals surface area contributed by atoms with Gasteiger partial charge in [-0.2, -0.15) is 0 Å². The van der Waals surface area contributed by atoms with Crippen LogP contribution in [0, 0.1) is 0 Å². The number of rotatable bonds is 23. The Morgan fingerprint density at radius 1 is 0.342 bits per heavy atom. The van der Waals surface area contributed by atoms with Crippen LogP contribution in [0.1, 0.15) is 53.3 Å². The van der Waals surface area contributed by atoms with E-state index in [9.17, 15) is 14.4 Å². The minimum absolute atomic E-state index is 0.0553. The second kappa shape index (κ2) is 27.4. The Morgan fingerprint density at radius 3 is 1.12 bits per heavy atom. The third kappa shape index (κ3) is 14.5. The fourth-order valence-corrected chi connectivity index (χ4v) is 8.97. The molecule has 2 saturated heterocycles. The van der Waals surface area contributed by atoms with E-state index in [1.807, 2.05) is 121 Å². The minimum Gasteiger partial charge on any atom is -0.452 e. The van der Waals surface area contributed by atoms with E-state index in [-0.39, 0.29) is 56.3 Å². The van der Waals surface area contributed by atoms with Gasteiger partial charge < -0.3 is 52.1 Å². The van der Waals surface area contributed by atoms with Crippen LogP contribution < -0.4 is 0 Å². The highest BCUT2D eigenvalue weighted by Crippen LogP contribution is 2.35. The second-order valence-electron chi connectivity index (χ2n) is 18.1. The summed E-state index contributed by atoms with van der Waals surface area (Å²) in [6, 6.07) is 63.9. The summed E-state index contributed by atoms with van der Waals surface area (Å²) in [6.45, 7) is 0.495. The number of esters is 3. The molecule has 0 radical (unpaired) electrons. The minimum atomic E-state index is -1.52. The first-order valence-corrected chi connectivity index (χ1v) is 25.2. The molecule has 14 nitrogen and oxygen atoms in total. The largest absolute Gasteiger partial charge is 0.452 e. The van der Waals surface area contributed by atoms with Crippen molar-refractivity contribution in [3.05, 3.63) is 251 Å². The number of hydrogen-bond acceptors (Lipinski definition) is 14. The highest BCUT2D eigenvalue weighted by atomic mass is 16.8. The van der Waals surface area contributed by atoms with Crippen LogP contribution >= 0.6 is 0 Å². The third-order valence-corrected chi connectivity index (χ3v) is 12.8. The van der Waals surface area contributed by atoms with Crippen LogP contribution in [0.2, 0.25) is 0 Å². The number of methoxy groups -OCH3 is 1. The first-order chi connectivity index (χ1) is 37.4. The average molecular weight is 1030 g/mol. The zero-order chi connectivity index (χ0) is 52.3. The van der Waals surface area contributed by atoms with Gasteiger partial charge in [0.2, 0.25) is 0 Å². The Hall–Kier alpha value is -7.37. The molecule has 2 aliphatic rings. The lowest BCUT2D eigenvalue weighted by atomic mass is 9.96. The molecule has 392 valence electrons. The highest BCUT2D eigenvalue weighted by Gasteiger charge is 2.55. The summed E-state index contributed by atoms with van der Waals surface area (Å²) in [5.74, 6) is -2.32. The van der Waals surface area contributed by atoms with E-state index >= 15 is 0 Å². The van der Waals surface area contributed by atoms with Crippen LogP contribution in [0.15, 0.2) is 212 Å². The predicted molar refractivity (Wildman–Crippen MR) is 278 cm³/mol. The average Bonchev–Trinajstić information content (AvgIpc) is 3.48. The molecule has 7 aromatic carbocycles. The van der Waals surface area contributed by atoms with E-state index in [0.717, 1.165) is 22.3 Å².